The van der Waals surface area contributed by atoms with Crippen molar-refractivity contribution in [3.8, 4) is 0 Å². The normalized spacial score (nSPS) is 18.0. The molecule has 0 spiro atoms. The Bertz CT molecular complexity index is 5820. The Labute approximate surface area is 664 Å². The first-order chi connectivity index (χ1) is 60.0. The molecule has 0 atom stereocenters. The van der Waals surface area contributed by atoms with Crippen LogP contribution in [0.15, 0.2) is 218 Å². The molecule has 0 aliphatic carbocycles. The Morgan fingerprint density at radius 3 is 0.778 bits per heavy atom. The molecule has 12 rings (SSSR count). The van der Waals surface area contributed by atoms with Gasteiger partial charge in [0.1, 0.15) is 0.594 Å². The van der Waals surface area contributed by atoms with Gasteiger partial charge in [-0.15, -0.1) is 23.8 Å². The molecule has 0 aromatic heterocycles. The van der Waals surface area contributed by atoms with Crippen LogP contribution in [-0.2, 0) is 43.3 Å². The number of hydrogen-bond donors (Lipinski definition) is 0. The maximum Gasteiger partial charge on any atom is 0.252 e. The van der Waals surface area contributed by atoms with Gasteiger partial charge in [-0.25, -0.2) is 0 Å². The standard InChI is InChI=1S/C46H53BN2.C46H55ClN2.HI/c1-43(2,3)30-16-22-34(23-17-30)48-38-26-20-32(45(7,8)9)28-36(38)47-37-29-33(46(10,11)12)21-27-39(37)49(41-15-13-14-40(48)42(41)47)35-24-18-31(19-25-35)44(4,5)6;1-43(2,3)32-16-24-36(25-17-32)48(37-26-18-33(19-27-37)44(4,5)6)40-14-13-15-41(42(40)47)49(38-28-20-34(21-29-38)45(7,8)9)39-30-22-35(23-31-39)46(10,11)12;/h13-29H,1-12H3;13-31H,1-12H3;1H/i13D,16D,17D,18D,19D,20D,21D,22D,23D,24D,25D,26D,27D,28D,29D;13D,16D,17D,18D,19D,20D,21D,22D,23D,24D,25D,26D,27D,28D,29D,30D,31D;/hT. The number of nitrogens with zero attached hydrogens (tertiary/aromatic N) is 4. The van der Waals surface area contributed by atoms with Crippen LogP contribution in [0.3, 0.4) is 0 Å². The first-order valence-corrected chi connectivity index (χ1v) is 33.4. The zero-order valence-electron chi connectivity index (χ0n) is 94.4. The molecule has 10 aromatic rings. The van der Waals surface area contributed by atoms with E-state index in [-0.39, 0.29) is 149 Å². The molecule has 0 unspecified atom stereocenters. The Hall–Kier alpha value is -7.52. The van der Waals surface area contributed by atoms with Gasteiger partial charge in [0, 0.05) is 56.9 Å². The van der Waals surface area contributed by atoms with Crippen molar-refractivity contribution in [2.45, 2.75) is 209 Å². The van der Waals surface area contributed by atoms with Crippen molar-refractivity contribution in [2.24, 2.45) is 0 Å². The molecule has 4 nitrogen and oxygen atoms in total. The Kier molecular flexibility index (Phi) is 11.5. The molecule has 10 aromatic carbocycles. The van der Waals surface area contributed by atoms with Gasteiger partial charge in [0.25, 0.3) is 6.71 Å². The van der Waals surface area contributed by atoms with Gasteiger partial charge in [-0.05, 0) is 213 Å². The number of halogens is 2. The molecule has 0 N–H and O–H groups in total. The highest BCUT2D eigenvalue weighted by Crippen LogP contribution is 2.50. The van der Waals surface area contributed by atoms with Crippen molar-refractivity contribution in [2.75, 3.05) is 19.6 Å². The van der Waals surface area contributed by atoms with E-state index < -0.39 is 228 Å². The summed E-state index contributed by atoms with van der Waals surface area (Å²) >= 11 is 8.89. The summed E-state index contributed by atoms with van der Waals surface area (Å²) in [5.74, 6) is 0. The van der Waals surface area contributed by atoms with Crippen LogP contribution in [0.4, 0.5) is 68.2 Å². The van der Waals surface area contributed by atoms with E-state index in [9.17, 15) is 32.9 Å². The smallest absolute Gasteiger partial charge is 0.252 e. The van der Waals surface area contributed by atoms with Crippen LogP contribution in [0.25, 0.3) is 0 Å². The number of benzene rings is 10. The third kappa shape index (κ3) is 15.4. The van der Waals surface area contributed by atoms with Crippen LogP contribution in [0.5, 0.6) is 0 Å². The van der Waals surface area contributed by atoms with E-state index in [2.05, 4.69) is 0 Å². The van der Waals surface area contributed by atoms with Gasteiger partial charge in [-0.1, -0.05) is 287 Å². The van der Waals surface area contributed by atoms with Crippen molar-refractivity contribution >= 4 is 127 Å². The topological polar surface area (TPSA) is 13.0 Å². The zero-order valence-corrected chi connectivity index (χ0v) is 64.3. The summed E-state index contributed by atoms with van der Waals surface area (Å²) < 4.78 is 307. The average molecular weight is 1480 g/mol. The van der Waals surface area contributed by atoms with E-state index >= 15 is 0 Å². The lowest BCUT2D eigenvalue weighted by atomic mass is 9.33. The van der Waals surface area contributed by atoms with E-state index in [1.807, 2.05) is 0 Å². The molecule has 0 bridgehead atoms. The van der Waals surface area contributed by atoms with Crippen molar-refractivity contribution in [1.29, 1.82) is 0.594 Å². The van der Waals surface area contributed by atoms with Crippen LogP contribution in [0, 0.1) is 0 Å². The summed E-state index contributed by atoms with van der Waals surface area (Å²) in [6.07, 6.45) is 0. The quantitative estimate of drug-likeness (QED) is 0.111. The summed E-state index contributed by atoms with van der Waals surface area (Å²) in [6, 6.07) is -10.1. The summed E-state index contributed by atoms with van der Waals surface area (Å²) in [7, 11) is 0. The van der Waals surface area contributed by atoms with Crippen LogP contribution in [0.2, 0.25) is 5.02 Å². The predicted molar refractivity (Wildman–Crippen MR) is 446 cm³/mol. The second-order valence-electron chi connectivity index (χ2n) is 33.3. The molecule has 514 valence electrons. The van der Waals surface area contributed by atoms with Crippen LogP contribution >= 0.6 is 35.4 Å². The number of fused-ring (bicyclic) bond motifs is 4. The lowest BCUT2D eigenvalue weighted by Crippen LogP contribution is -2.61. The first kappa shape index (κ1) is 42.0. The number of anilines is 12. The van der Waals surface area contributed by atoms with E-state index in [0.717, 1.165) is 21.9 Å². The first-order valence-electron chi connectivity index (χ1n) is 49.4. The maximum atomic E-state index is 10.1. The number of rotatable bonds is 8. The fourth-order valence-electron chi connectivity index (χ4n) is 10.9. The Balaban J connectivity index is 0.000000269. The molecule has 99 heavy (non-hydrogen) atoms. The van der Waals surface area contributed by atoms with E-state index in [4.69, 9.17) is 23.2 Å². The minimum absolute atomic E-state index is 0.0279. The van der Waals surface area contributed by atoms with Gasteiger partial charge in [0.15, 0.2) is 0 Å². The van der Waals surface area contributed by atoms with Crippen LogP contribution in [-0.4, -0.2) is 7.31 Å². The largest absolute Gasteiger partial charge is 0.311 e. The average Bonchev–Trinajstić information content (AvgIpc) is 0.670. The summed E-state index contributed by atoms with van der Waals surface area (Å²) in [5, 5.41) is -0.534. The van der Waals surface area contributed by atoms with E-state index in [1.165, 1.54) is 45.7 Å². The molecule has 2 aliphatic heterocycles. The maximum absolute atomic E-state index is 10.1. The molecule has 2 aliphatic rings. The highest BCUT2D eigenvalue weighted by Gasteiger charge is 2.44. The molecule has 0 saturated heterocycles. The lowest BCUT2D eigenvalue weighted by Gasteiger charge is -2.45. The highest BCUT2D eigenvalue weighted by atomic mass is 127. The number of hydrogen-bond acceptors (Lipinski definition) is 4. The summed E-state index contributed by atoms with van der Waals surface area (Å²) in [4.78, 5) is 4.41. The van der Waals surface area contributed by atoms with Crippen molar-refractivity contribution in [1.82, 2.24) is 0 Å². The van der Waals surface area contributed by atoms with Crippen molar-refractivity contribution in [3.63, 3.8) is 0 Å². The fraction of sp³-hybridized carbons (Fsp3) is 0.348. The third-order valence-corrected chi connectivity index (χ3v) is 17.2. The molecular formula is C92H109BClIN4. The predicted octanol–water partition coefficient (Wildman–Crippen LogP) is 26.0. The molecule has 0 fully saturated rings. The second kappa shape index (κ2) is 27.1. The molecule has 2 heterocycles. The minimum atomic E-state index is -1.26. The van der Waals surface area contributed by atoms with Crippen molar-refractivity contribution < 1.29 is 43.9 Å². The SMILES string of the molecule is [2H]c1cc(N(c2c([2H])c([2H])c(C(C)(C)C)c([2H])c2[2H])c2c([2H])c([2H])c(C(C)(C)C)c([2H])c2[2H])c(Cl)c(N(c2c([2H])c([2H])c(C(C)(C)C)c([2H])c2[2H])c2c([2H])c([2H])c(C(C)(C)C)c([2H])c2[2H])c1.[2H]c1cc2c3c(c1)N(c1c([2H])c([2H])c(C(C)(C)C)c([2H])c1[2H])c1c([2H])c([2H])c(C(C)(C)C)c([2H])c1B3c1c([2H])c(C(C)(C)C)c([2H])c([2H])c1N2c1c([2H])c([2H])c(C(C)(C)C)c([2H])c1[2H].[3H]I. The van der Waals surface area contributed by atoms with Gasteiger partial charge in [-0.2, -0.15) is 0 Å². The van der Waals surface area contributed by atoms with Crippen molar-refractivity contribution in [3.05, 3.63) is 267 Å². The third-order valence-electron chi connectivity index (χ3n) is 16.8. The molecule has 0 radical (unpaired) electrons. The van der Waals surface area contributed by atoms with Gasteiger partial charge in [0.2, 0.25) is 0 Å². The van der Waals surface area contributed by atoms with Gasteiger partial charge >= 0.3 is 0 Å². The highest BCUT2D eigenvalue weighted by molar-refractivity contribution is 14.0. The monoisotopic (exact) mass is 1480 g/mol. The van der Waals surface area contributed by atoms with Gasteiger partial charge in [-0.3, -0.25) is 0 Å². The molecule has 0 saturated carbocycles. The molecule has 0 amide bonds. The fourth-order valence-corrected chi connectivity index (χ4v) is 11.2. The minimum Gasteiger partial charge on any atom is -0.311 e. The summed E-state index contributed by atoms with van der Waals surface area (Å²) in [6.45, 7) is 40.5. The summed E-state index contributed by atoms with van der Waals surface area (Å²) in [5.41, 5.74) is -10.1. The van der Waals surface area contributed by atoms with Gasteiger partial charge < -0.3 is 19.6 Å². The molecular weight excluding hydrogens is 1330 g/mol. The van der Waals surface area contributed by atoms with Gasteiger partial charge in [0.05, 0.1) is 60.3 Å². The van der Waals surface area contributed by atoms with Crippen LogP contribution < -0.4 is 36.0 Å². The lowest BCUT2D eigenvalue weighted by molar-refractivity contribution is 0.590. The molecule has 7 heteroatoms. The van der Waals surface area contributed by atoms with Crippen LogP contribution in [0.1, 0.15) is 255 Å². The van der Waals surface area contributed by atoms with E-state index in [0.29, 0.717) is 0 Å². The Morgan fingerprint density at radius 1 is 0.313 bits per heavy atom. The van der Waals surface area contributed by atoms with E-state index in [1.54, 1.807) is 166 Å². The Morgan fingerprint density at radius 2 is 0.535 bits per heavy atom. The zero-order chi connectivity index (χ0) is 101. The second-order valence-corrected chi connectivity index (χ2v) is 33.7.